The zero-order chi connectivity index (χ0) is 74.9. The second kappa shape index (κ2) is 34.3. The number of carbonyl (C=O) groups excluding carboxylic acids is 1. The summed E-state index contributed by atoms with van der Waals surface area (Å²) in [5, 5.41) is 2.55. The zero-order valence-corrected chi connectivity index (χ0v) is 64.4. The number of hydrogen-bond acceptors (Lipinski definition) is 21. The fraction of sp³-hybridized carbons (Fsp3) is 0.616. The zero-order valence-electron chi connectivity index (χ0n) is 62.6. The molecule has 0 radical (unpaired) electrons. The van der Waals surface area contributed by atoms with Gasteiger partial charge in [0, 0.05) is 90.7 Å². The molecule has 21 nitrogen and oxygen atoms in total. The van der Waals surface area contributed by atoms with E-state index in [0.717, 1.165) is 91.8 Å². The summed E-state index contributed by atoms with van der Waals surface area (Å²) in [6.45, 7) is 50.0. The number of carbonyl (C=O) groups is 1. The highest BCUT2D eigenvalue weighted by atomic mass is 32.2. The van der Waals surface area contributed by atoms with Crippen LogP contribution in [0.25, 0.3) is 32.9 Å². The smallest absolute Gasteiger partial charge is 0.422 e. The van der Waals surface area contributed by atoms with Crippen LogP contribution in [0.3, 0.4) is 0 Å². The largest absolute Gasteiger partial charge is 0.522 e. The lowest BCUT2D eigenvalue weighted by Crippen LogP contribution is -2.52. The van der Waals surface area contributed by atoms with Gasteiger partial charge in [-0.15, -0.1) is 0 Å². The molecule has 3 aromatic carbocycles. The van der Waals surface area contributed by atoms with Crippen LogP contribution in [0.4, 0.5) is 30.2 Å². The van der Waals surface area contributed by atoms with Gasteiger partial charge in [-0.2, -0.15) is 21.6 Å². The number of aldehydes is 1. The van der Waals surface area contributed by atoms with Gasteiger partial charge in [0.05, 0.1) is 52.8 Å². The van der Waals surface area contributed by atoms with Crippen LogP contribution in [0.1, 0.15) is 199 Å². The molecule has 4 fully saturated rings. The van der Waals surface area contributed by atoms with Crippen LogP contribution in [-0.2, 0) is 51.6 Å². The quantitative estimate of drug-likeness (QED) is 0.0336. The molecule has 4 saturated heterocycles. The molecular formula is C73H110B2F3N3O18SSi. The summed E-state index contributed by atoms with van der Waals surface area (Å²) in [7, 11) is -8.75. The van der Waals surface area contributed by atoms with Crippen molar-refractivity contribution in [1.29, 1.82) is 0 Å². The number of alkyl halides is 3. The molecular weight excluding hydrogens is 1350 g/mol. The van der Waals surface area contributed by atoms with Gasteiger partial charge < -0.3 is 69.4 Å². The van der Waals surface area contributed by atoms with Gasteiger partial charge >= 0.3 is 46.7 Å². The van der Waals surface area contributed by atoms with Gasteiger partial charge in [-0.05, 0) is 210 Å². The number of fused-ring (bicyclic) bond motifs is 3. The molecule has 0 amide bonds. The first kappa shape index (κ1) is 85.7. The number of ether oxygens (including phenoxy) is 4. The van der Waals surface area contributed by atoms with E-state index >= 15 is 0 Å². The minimum atomic E-state index is -5.39. The van der Waals surface area contributed by atoms with Crippen molar-refractivity contribution in [2.75, 3.05) is 67.2 Å². The van der Waals surface area contributed by atoms with Crippen molar-refractivity contribution < 1.29 is 81.1 Å². The van der Waals surface area contributed by atoms with Gasteiger partial charge in [0.15, 0.2) is 18.9 Å². The van der Waals surface area contributed by atoms with Crippen molar-refractivity contribution >= 4 is 88.9 Å². The fourth-order valence-corrected chi connectivity index (χ4v) is 14.4. The van der Waals surface area contributed by atoms with Gasteiger partial charge in [-0.1, -0.05) is 34.6 Å². The van der Waals surface area contributed by atoms with Crippen LogP contribution in [0, 0.1) is 0 Å². The third-order valence-electron chi connectivity index (χ3n) is 18.8. The second-order valence-electron chi connectivity index (χ2n) is 29.1. The Morgan fingerprint density at radius 2 is 0.970 bits per heavy atom. The number of anilines is 3. The Morgan fingerprint density at radius 1 is 0.584 bits per heavy atom. The third kappa shape index (κ3) is 21.2. The lowest BCUT2D eigenvalue weighted by atomic mass is 9.58. The van der Waals surface area contributed by atoms with E-state index in [9.17, 15) is 40.8 Å². The second-order valence-corrected chi connectivity index (χ2v) is 35.4. The Labute approximate surface area is 596 Å². The Balaban J connectivity index is 0.000000237. The highest BCUT2D eigenvalue weighted by Crippen LogP contribution is 2.48. The number of rotatable bonds is 18. The molecule has 4 aliphatic rings. The summed E-state index contributed by atoms with van der Waals surface area (Å²) >= 11 is 0. The Bertz CT molecular complexity index is 4000. The summed E-state index contributed by atoms with van der Waals surface area (Å²) in [5.74, 6) is 0. The predicted molar refractivity (Wildman–Crippen MR) is 397 cm³/mol. The Hall–Kier alpha value is -5.91. The molecule has 0 spiro atoms. The van der Waals surface area contributed by atoms with E-state index in [2.05, 4.69) is 109 Å². The molecule has 7 heterocycles. The number of halogens is 3. The van der Waals surface area contributed by atoms with Gasteiger partial charge in [-0.25, -0.2) is 14.4 Å². The first-order valence-electron chi connectivity index (χ1n) is 34.6. The first-order valence-corrected chi connectivity index (χ1v) is 39.4. The summed E-state index contributed by atoms with van der Waals surface area (Å²) < 4.78 is 124. The fourth-order valence-electron chi connectivity index (χ4n) is 11.4. The molecule has 562 valence electrons. The van der Waals surface area contributed by atoms with E-state index in [1.807, 2.05) is 102 Å². The number of hydrogen-bond donors (Lipinski definition) is 0. The van der Waals surface area contributed by atoms with Crippen molar-refractivity contribution in [2.45, 2.75) is 242 Å². The monoisotopic (exact) mass is 1460 g/mol. The topological polar surface area (TPSA) is 235 Å². The molecule has 6 aromatic rings. The first-order chi connectivity index (χ1) is 46.4. The van der Waals surface area contributed by atoms with E-state index in [4.69, 9.17) is 50.8 Å². The predicted octanol–water partition coefficient (Wildman–Crippen LogP) is 16.4. The van der Waals surface area contributed by atoms with Crippen molar-refractivity contribution in [2.24, 2.45) is 0 Å². The normalized spacial score (nSPS) is 20.8. The van der Waals surface area contributed by atoms with Crippen molar-refractivity contribution in [1.82, 2.24) is 0 Å². The molecule has 0 N–H and O–H groups in total. The summed E-state index contributed by atoms with van der Waals surface area (Å²) in [6.07, 6.45) is 2.83. The van der Waals surface area contributed by atoms with Crippen molar-refractivity contribution in [3.63, 3.8) is 0 Å². The lowest BCUT2D eigenvalue weighted by Gasteiger charge is -2.39. The van der Waals surface area contributed by atoms with E-state index in [-0.39, 0.29) is 42.7 Å². The number of benzene rings is 3. The summed E-state index contributed by atoms with van der Waals surface area (Å²) in [4.78, 5) is 53.9. The minimum absolute atomic E-state index is 0. The SMILES string of the molecule is C.CCCC(C)(C)B1OC(C)(C)C(C)(C)O1.CCN(CC)c1ccc2cc(C=O)c(=O)oc2c1.CCN(CC)c1ccc2cc([C@H]3OCC[C@@H](C)O3)c(=O)oc2c1.CCN(CC)c1ccc2cc([C@H]3OCC[C@](C)(B4OC(C)(C)C(C)(C)O4)O3)c(=O)oc2c1.C[Si](C)(C)OS(=O)(=O)C(F)(F)F. The highest BCUT2D eigenvalue weighted by molar-refractivity contribution is 7.88. The molecule has 0 aliphatic carbocycles. The maximum absolute atomic E-state index is 12.9. The maximum Gasteiger partial charge on any atom is 0.522 e. The highest BCUT2D eigenvalue weighted by Gasteiger charge is 2.61. The molecule has 10 rings (SSSR count). The van der Waals surface area contributed by atoms with Crippen LogP contribution in [-0.4, -0.2) is 129 Å². The van der Waals surface area contributed by atoms with Crippen LogP contribution in [0.15, 0.2) is 100 Å². The van der Waals surface area contributed by atoms with Gasteiger partial charge in [-0.3, -0.25) is 4.79 Å². The Morgan fingerprint density at radius 3 is 1.34 bits per heavy atom. The van der Waals surface area contributed by atoms with Crippen LogP contribution < -0.4 is 31.6 Å². The molecule has 101 heavy (non-hydrogen) atoms. The third-order valence-corrected chi connectivity index (χ3v) is 22.3. The average molecular weight is 1460 g/mol. The molecule has 0 unspecified atom stereocenters. The molecule has 3 aromatic heterocycles. The summed E-state index contributed by atoms with van der Waals surface area (Å²) in [5.41, 5.74) is -3.31. The standard InChI is InChI=1S/C24H34BNO6.C18H23NO4.C14H15NO3.C12H25BO2.C4H9F3O3SSi.CH4/c1-8-26(9-2)17-11-10-16-14-18(20(27)29-19(16)15-17)21-28-13-12-24(7,30-21)25-31-22(3,4)23(5,6)32-25;1-4-19(5-2)14-7-6-13-10-15(17(20)23-16(13)11-14)18-21-9-8-12(3)22-18;1-3-15(4-2)12-6-5-10-7-11(9-16)14(17)18-13(10)8-12;1-8-9-10(2,3)13-14-11(4,5)12(6,7)15-13;1-12(2,3)10-11(8,9)4(5,6)7;/h10-11,14-15,21H,8-9,12-13H2,1-7H3;6-7,10-12,18H,4-5,8-9H2,1-3H3;5-9H,3-4H2,1-2H3;8-9H2,1-7H3;1-3H3;1H4/t21-,24+;12-,18+;;;;/m01..../s1. The van der Waals surface area contributed by atoms with Crippen LogP contribution in [0.5, 0.6) is 0 Å². The average Bonchev–Trinajstić information content (AvgIpc) is 1.64. The van der Waals surface area contributed by atoms with Crippen LogP contribution in [0.2, 0.25) is 25.0 Å². The summed E-state index contributed by atoms with van der Waals surface area (Å²) in [6, 6.07) is 22.7. The Kier molecular flexibility index (Phi) is 29.1. The van der Waals surface area contributed by atoms with Crippen molar-refractivity contribution in [3.8, 4) is 0 Å². The maximum atomic E-state index is 12.9. The molecule has 4 aliphatic heterocycles. The minimum Gasteiger partial charge on any atom is -0.422 e. The molecule has 0 saturated carbocycles. The van der Waals surface area contributed by atoms with Gasteiger partial charge in [0.2, 0.25) is 8.32 Å². The van der Waals surface area contributed by atoms with Crippen molar-refractivity contribution in [3.05, 3.63) is 121 Å². The van der Waals surface area contributed by atoms with E-state index in [1.165, 1.54) is 19.6 Å². The molecule has 28 heteroatoms. The van der Waals surface area contributed by atoms with E-state index < -0.39 is 77.2 Å². The molecule has 4 atom stereocenters. The number of nitrogens with zero attached hydrogens (tertiary/aromatic N) is 3. The van der Waals surface area contributed by atoms with Crippen LogP contribution >= 0.6 is 0 Å². The van der Waals surface area contributed by atoms with Gasteiger partial charge in [0.25, 0.3) is 0 Å². The lowest BCUT2D eigenvalue weighted by molar-refractivity contribution is -0.237. The molecule has 0 bridgehead atoms. The van der Waals surface area contributed by atoms with E-state index in [0.29, 0.717) is 53.8 Å². The van der Waals surface area contributed by atoms with E-state index in [1.54, 1.807) is 12.1 Å². The van der Waals surface area contributed by atoms with Gasteiger partial charge in [0.1, 0.15) is 27.8 Å².